The monoisotopic (exact) mass is 276 g/mol. The lowest BCUT2D eigenvalue weighted by Gasteiger charge is -2.48. The Bertz CT molecular complexity index is 409. The van der Waals surface area contributed by atoms with Gasteiger partial charge in [-0.3, -0.25) is 4.90 Å². The summed E-state index contributed by atoms with van der Waals surface area (Å²) in [6.45, 7) is 9.69. The van der Waals surface area contributed by atoms with E-state index in [4.69, 9.17) is 4.74 Å². The van der Waals surface area contributed by atoms with Crippen LogP contribution in [0.25, 0.3) is 0 Å². The van der Waals surface area contributed by atoms with Crippen LogP contribution in [0.5, 0.6) is 0 Å². The standard InChI is InChI=1S/C17H28N2O/c1-5-17(3)13-19(14(2)12-20-4)16(11-18-17)15-9-7-6-8-10-15/h6-10,14,16,18H,5,11-13H2,1-4H3. The summed E-state index contributed by atoms with van der Waals surface area (Å²) in [5, 5.41) is 3.74. The van der Waals surface area contributed by atoms with E-state index in [0.717, 1.165) is 26.1 Å². The van der Waals surface area contributed by atoms with E-state index >= 15 is 0 Å². The van der Waals surface area contributed by atoms with E-state index in [9.17, 15) is 0 Å². The number of hydrogen-bond acceptors (Lipinski definition) is 3. The Morgan fingerprint density at radius 2 is 2.10 bits per heavy atom. The van der Waals surface area contributed by atoms with Crippen molar-refractivity contribution in [3.8, 4) is 0 Å². The summed E-state index contributed by atoms with van der Waals surface area (Å²) in [7, 11) is 1.79. The molecule has 1 heterocycles. The minimum Gasteiger partial charge on any atom is -0.383 e. The SMILES string of the molecule is CCC1(C)CN(C(C)COC)C(c2ccccc2)CN1. The summed E-state index contributed by atoms with van der Waals surface area (Å²) < 4.78 is 5.38. The molecule has 1 aromatic rings. The average molecular weight is 276 g/mol. The van der Waals surface area contributed by atoms with Crippen LogP contribution in [0.4, 0.5) is 0 Å². The minimum absolute atomic E-state index is 0.202. The normalized spacial score (nSPS) is 29.3. The van der Waals surface area contributed by atoms with Crippen LogP contribution < -0.4 is 5.32 Å². The molecular formula is C17H28N2O. The Hall–Kier alpha value is -0.900. The van der Waals surface area contributed by atoms with Crippen LogP contribution >= 0.6 is 0 Å². The van der Waals surface area contributed by atoms with Crippen LogP contribution in [-0.4, -0.2) is 43.3 Å². The molecule has 0 saturated carbocycles. The summed E-state index contributed by atoms with van der Waals surface area (Å²) in [6, 6.07) is 11.7. The second kappa shape index (κ2) is 6.70. The maximum Gasteiger partial charge on any atom is 0.0615 e. The molecule has 3 heteroatoms. The molecule has 112 valence electrons. The number of methoxy groups -OCH3 is 1. The largest absolute Gasteiger partial charge is 0.383 e. The highest BCUT2D eigenvalue weighted by atomic mass is 16.5. The van der Waals surface area contributed by atoms with E-state index in [2.05, 4.69) is 61.3 Å². The third-order valence-corrected chi connectivity index (χ3v) is 4.59. The molecule has 20 heavy (non-hydrogen) atoms. The zero-order chi connectivity index (χ0) is 14.6. The number of rotatable bonds is 5. The van der Waals surface area contributed by atoms with Gasteiger partial charge in [0.1, 0.15) is 0 Å². The Kier molecular flexibility index (Phi) is 5.19. The third-order valence-electron chi connectivity index (χ3n) is 4.59. The molecule has 0 amide bonds. The second-order valence-corrected chi connectivity index (χ2v) is 6.20. The van der Waals surface area contributed by atoms with Crippen molar-refractivity contribution in [2.75, 3.05) is 26.8 Å². The lowest BCUT2D eigenvalue weighted by atomic mass is 9.90. The fraction of sp³-hybridized carbons (Fsp3) is 0.647. The second-order valence-electron chi connectivity index (χ2n) is 6.20. The molecule has 2 rings (SSSR count). The van der Waals surface area contributed by atoms with Gasteiger partial charge in [0.15, 0.2) is 0 Å². The summed E-state index contributed by atoms with van der Waals surface area (Å²) in [6.07, 6.45) is 1.14. The molecule has 1 aliphatic heterocycles. The maximum absolute atomic E-state index is 5.38. The molecule has 0 aliphatic carbocycles. The number of hydrogen-bond donors (Lipinski definition) is 1. The highest BCUT2D eigenvalue weighted by molar-refractivity contribution is 5.21. The van der Waals surface area contributed by atoms with Crippen LogP contribution in [0.15, 0.2) is 30.3 Å². The van der Waals surface area contributed by atoms with Gasteiger partial charge in [-0.25, -0.2) is 0 Å². The topological polar surface area (TPSA) is 24.5 Å². The Morgan fingerprint density at radius 1 is 1.40 bits per heavy atom. The fourth-order valence-corrected chi connectivity index (χ4v) is 3.05. The van der Waals surface area contributed by atoms with Gasteiger partial charge >= 0.3 is 0 Å². The molecule has 3 unspecified atom stereocenters. The van der Waals surface area contributed by atoms with E-state index in [-0.39, 0.29) is 5.54 Å². The van der Waals surface area contributed by atoms with Crippen molar-refractivity contribution in [3.63, 3.8) is 0 Å². The lowest BCUT2D eigenvalue weighted by Crippen LogP contribution is -2.61. The fourth-order valence-electron chi connectivity index (χ4n) is 3.05. The summed E-state index contributed by atoms with van der Waals surface area (Å²) in [4.78, 5) is 2.60. The van der Waals surface area contributed by atoms with E-state index in [1.54, 1.807) is 7.11 Å². The number of piperazine rings is 1. The first-order valence-corrected chi connectivity index (χ1v) is 7.64. The number of nitrogens with one attached hydrogen (secondary N) is 1. The predicted molar refractivity (Wildman–Crippen MR) is 83.9 cm³/mol. The molecule has 0 aromatic heterocycles. The van der Waals surface area contributed by atoms with Gasteiger partial charge in [0, 0.05) is 37.8 Å². The van der Waals surface area contributed by atoms with E-state index in [1.165, 1.54) is 5.56 Å². The number of ether oxygens (including phenoxy) is 1. The van der Waals surface area contributed by atoms with Gasteiger partial charge in [-0.1, -0.05) is 37.3 Å². The van der Waals surface area contributed by atoms with Crippen LogP contribution in [0.3, 0.4) is 0 Å². The van der Waals surface area contributed by atoms with Gasteiger partial charge in [-0.05, 0) is 25.8 Å². The van der Waals surface area contributed by atoms with Crippen molar-refractivity contribution in [2.45, 2.75) is 44.8 Å². The van der Waals surface area contributed by atoms with Gasteiger partial charge in [-0.15, -0.1) is 0 Å². The molecule has 0 spiro atoms. The smallest absolute Gasteiger partial charge is 0.0615 e. The van der Waals surface area contributed by atoms with Gasteiger partial charge < -0.3 is 10.1 Å². The zero-order valence-electron chi connectivity index (χ0n) is 13.2. The quantitative estimate of drug-likeness (QED) is 0.895. The number of benzene rings is 1. The lowest BCUT2D eigenvalue weighted by molar-refractivity contribution is 0.0172. The van der Waals surface area contributed by atoms with Crippen molar-refractivity contribution in [1.82, 2.24) is 10.2 Å². The van der Waals surface area contributed by atoms with Crippen LogP contribution in [0, 0.1) is 0 Å². The highest BCUT2D eigenvalue weighted by Crippen LogP contribution is 2.30. The molecule has 0 bridgehead atoms. The first-order valence-electron chi connectivity index (χ1n) is 7.64. The van der Waals surface area contributed by atoms with Crippen LogP contribution in [-0.2, 0) is 4.74 Å². The molecular weight excluding hydrogens is 248 g/mol. The molecule has 0 radical (unpaired) electrons. The molecule has 1 saturated heterocycles. The van der Waals surface area contributed by atoms with Gasteiger partial charge in [0.2, 0.25) is 0 Å². The van der Waals surface area contributed by atoms with Crippen molar-refractivity contribution >= 4 is 0 Å². The summed E-state index contributed by atoms with van der Waals surface area (Å²) in [5.41, 5.74) is 1.59. The van der Waals surface area contributed by atoms with Crippen molar-refractivity contribution in [3.05, 3.63) is 35.9 Å². The molecule has 3 atom stereocenters. The molecule has 3 nitrogen and oxygen atoms in total. The predicted octanol–water partition coefficient (Wildman–Crippen LogP) is 2.84. The third kappa shape index (κ3) is 3.40. The van der Waals surface area contributed by atoms with Gasteiger partial charge in [0.25, 0.3) is 0 Å². The van der Waals surface area contributed by atoms with Crippen molar-refractivity contribution in [1.29, 1.82) is 0 Å². The van der Waals surface area contributed by atoms with Gasteiger partial charge in [-0.2, -0.15) is 0 Å². The van der Waals surface area contributed by atoms with Crippen LogP contribution in [0.1, 0.15) is 38.8 Å². The Labute approximate surface area is 123 Å². The van der Waals surface area contributed by atoms with Crippen molar-refractivity contribution < 1.29 is 4.74 Å². The highest BCUT2D eigenvalue weighted by Gasteiger charge is 2.37. The zero-order valence-corrected chi connectivity index (χ0v) is 13.2. The molecule has 1 N–H and O–H groups in total. The number of nitrogens with zero attached hydrogens (tertiary/aromatic N) is 1. The summed E-state index contributed by atoms with van der Waals surface area (Å²) >= 11 is 0. The maximum atomic E-state index is 5.38. The van der Waals surface area contributed by atoms with Gasteiger partial charge in [0.05, 0.1) is 6.61 Å². The first kappa shape index (κ1) is 15.5. The van der Waals surface area contributed by atoms with E-state index in [0.29, 0.717) is 12.1 Å². The first-order chi connectivity index (χ1) is 9.59. The average Bonchev–Trinajstić information content (AvgIpc) is 2.48. The molecule has 1 aliphatic rings. The van der Waals surface area contributed by atoms with E-state index in [1.807, 2.05) is 0 Å². The van der Waals surface area contributed by atoms with Crippen molar-refractivity contribution in [2.24, 2.45) is 0 Å². The van der Waals surface area contributed by atoms with E-state index < -0.39 is 0 Å². The Balaban J connectivity index is 2.21. The minimum atomic E-state index is 0.202. The summed E-state index contributed by atoms with van der Waals surface area (Å²) in [5.74, 6) is 0. The molecule has 1 aromatic carbocycles. The Morgan fingerprint density at radius 3 is 2.70 bits per heavy atom. The molecule has 1 fully saturated rings. The van der Waals surface area contributed by atoms with Crippen LogP contribution in [0.2, 0.25) is 0 Å².